The highest BCUT2D eigenvalue weighted by molar-refractivity contribution is 7.47. The van der Waals surface area contributed by atoms with Gasteiger partial charge in [-0.3, -0.25) is 37.3 Å². The van der Waals surface area contributed by atoms with Gasteiger partial charge in [0.2, 0.25) is 0 Å². The van der Waals surface area contributed by atoms with E-state index in [1.165, 1.54) is 263 Å². The van der Waals surface area contributed by atoms with Crippen LogP contribution in [0.5, 0.6) is 0 Å². The second-order valence-corrected chi connectivity index (χ2v) is 36.6. The maximum absolute atomic E-state index is 13.2. The minimum Gasteiger partial charge on any atom is -0.462 e. The first-order valence-corrected chi connectivity index (χ1v) is 48.7. The largest absolute Gasteiger partial charge is 0.472 e. The van der Waals surface area contributed by atoms with Crippen LogP contribution in [0, 0.1) is 23.7 Å². The number of esters is 4. The minimum atomic E-state index is -4.97. The van der Waals surface area contributed by atoms with Crippen molar-refractivity contribution in [2.45, 2.75) is 485 Å². The molecule has 0 amide bonds. The van der Waals surface area contributed by atoms with Crippen molar-refractivity contribution in [3.63, 3.8) is 0 Å². The molecule has 0 radical (unpaired) electrons. The molecule has 108 heavy (non-hydrogen) atoms. The van der Waals surface area contributed by atoms with E-state index in [-0.39, 0.29) is 25.7 Å². The molecule has 0 aromatic rings. The minimum absolute atomic E-state index is 0.107. The second-order valence-electron chi connectivity index (χ2n) is 33.7. The molecule has 0 aromatic carbocycles. The Hall–Kier alpha value is -1.94. The average Bonchev–Trinajstić information content (AvgIpc) is 0.901. The van der Waals surface area contributed by atoms with Crippen molar-refractivity contribution < 1.29 is 80.2 Å². The molecule has 0 rings (SSSR count). The number of phosphoric ester groups is 2. The van der Waals surface area contributed by atoms with Crippen LogP contribution >= 0.6 is 15.6 Å². The topological polar surface area (TPSA) is 237 Å². The quantitative estimate of drug-likeness (QED) is 0.0222. The van der Waals surface area contributed by atoms with E-state index in [0.29, 0.717) is 31.6 Å². The Balaban J connectivity index is 5.19. The molecule has 0 bridgehead atoms. The number of phosphoric acid groups is 2. The molecule has 19 heteroatoms. The molecule has 0 aromatic heterocycles. The van der Waals surface area contributed by atoms with Crippen molar-refractivity contribution in [2.24, 2.45) is 23.7 Å². The number of aliphatic hydroxyl groups excluding tert-OH is 1. The molecule has 0 aliphatic rings. The Kier molecular flexibility index (Phi) is 76.2. The summed E-state index contributed by atoms with van der Waals surface area (Å²) in [6.45, 7) is 14.4. The van der Waals surface area contributed by atoms with Crippen LogP contribution in [0.2, 0.25) is 0 Å². The van der Waals surface area contributed by atoms with Crippen molar-refractivity contribution in [1.82, 2.24) is 0 Å². The third-order valence-electron chi connectivity index (χ3n) is 21.2. The van der Waals surface area contributed by atoms with Crippen LogP contribution in [0.4, 0.5) is 0 Å². The van der Waals surface area contributed by atoms with Crippen LogP contribution in [0.25, 0.3) is 0 Å². The fourth-order valence-corrected chi connectivity index (χ4v) is 15.4. The SMILES string of the molecule is CCC(C)CCCCCCCCCCCCCCCCCCCCC(=O)O[C@H](COC(=O)CCCCCCCCCC(C)C)COP(=O)(O)OCC(O)COP(=O)(O)OC[C@@H](COC(=O)CCCCCCCCCCCCCCC(C)C)OC(=O)CCCCCCCCCCCCCCCCCCCCC(C)C. The molecule has 4 unspecified atom stereocenters. The highest BCUT2D eigenvalue weighted by Crippen LogP contribution is 2.45. The summed E-state index contributed by atoms with van der Waals surface area (Å²) < 4.78 is 69.0. The Morgan fingerprint density at radius 1 is 0.259 bits per heavy atom. The maximum Gasteiger partial charge on any atom is 0.472 e. The molecule has 0 saturated heterocycles. The number of hydrogen-bond donors (Lipinski definition) is 3. The lowest BCUT2D eigenvalue weighted by Crippen LogP contribution is -2.30. The number of carbonyl (C=O) groups is 4. The van der Waals surface area contributed by atoms with Gasteiger partial charge in [-0.25, -0.2) is 9.13 Å². The zero-order valence-corrected chi connectivity index (χ0v) is 73.3. The molecule has 0 heterocycles. The molecule has 0 aliphatic carbocycles. The normalized spacial score (nSPS) is 14.1. The fraction of sp³-hybridized carbons (Fsp3) is 0.955. The summed E-state index contributed by atoms with van der Waals surface area (Å²) in [4.78, 5) is 73.3. The Morgan fingerprint density at radius 2 is 0.444 bits per heavy atom. The number of unbranched alkanes of at least 4 members (excludes halogenated alkanes) is 51. The van der Waals surface area contributed by atoms with Gasteiger partial charge in [-0.05, 0) is 49.4 Å². The summed E-state index contributed by atoms with van der Waals surface area (Å²) in [7, 11) is -9.93. The van der Waals surface area contributed by atoms with Gasteiger partial charge in [-0.2, -0.15) is 0 Å². The Morgan fingerprint density at radius 3 is 0.657 bits per heavy atom. The van der Waals surface area contributed by atoms with E-state index < -0.39 is 97.5 Å². The smallest absolute Gasteiger partial charge is 0.462 e. The lowest BCUT2D eigenvalue weighted by molar-refractivity contribution is -0.161. The first kappa shape index (κ1) is 106. The predicted molar refractivity (Wildman–Crippen MR) is 446 cm³/mol. The van der Waals surface area contributed by atoms with E-state index in [4.69, 9.17) is 37.0 Å². The zero-order valence-electron chi connectivity index (χ0n) is 71.5. The summed E-state index contributed by atoms with van der Waals surface area (Å²) in [6, 6.07) is 0. The van der Waals surface area contributed by atoms with E-state index >= 15 is 0 Å². The van der Waals surface area contributed by atoms with Gasteiger partial charge < -0.3 is 33.8 Å². The van der Waals surface area contributed by atoms with Gasteiger partial charge in [0.15, 0.2) is 12.2 Å². The molecular formula is C89H174O17P2. The van der Waals surface area contributed by atoms with Crippen molar-refractivity contribution >= 4 is 39.5 Å². The van der Waals surface area contributed by atoms with Crippen molar-refractivity contribution in [3.8, 4) is 0 Å². The highest BCUT2D eigenvalue weighted by Gasteiger charge is 2.31. The zero-order chi connectivity index (χ0) is 79.5. The molecular weight excluding hydrogens is 1400 g/mol. The third-order valence-corrected chi connectivity index (χ3v) is 23.1. The molecule has 0 spiro atoms. The van der Waals surface area contributed by atoms with Crippen LogP contribution in [0.15, 0.2) is 0 Å². The highest BCUT2D eigenvalue weighted by atomic mass is 31.2. The van der Waals surface area contributed by atoms with Gasteiger partial charge in [0, 0.05) is 25.7 Å². The van der Waals surface area contributed by atoms with Crippen molar-refractivity contribution in [3.05, 3.63) is 0 Å². The van der Waals surface area contributed by atoms with Gasteiger partial charge in [0.1, 0.15) is 19.3 Å². The number of ether oxygens (including phenoxy) is 4. The molecule has 17 nitrogen and oxygen atoms in total. The predicted octanol–water partition coefficient (Wildman–Crippen LogP) is 27.1. The van der Waals surface area contributed by atoms with Crippen LogP contribution < -0.4 is 0 Å². The lowest BCUT2D eigenvalue weighted by atomic mass is 9.99. The summed E-state index contributed by atoms with van der Waals surface area (Å²) in [6.07, 6.45) is 68.2. The van der Waals surface area contributed by atoms with Gasteiger partial charge in [0.05, 0.1) is 26.4 Å². The van der Waals surface area contributed by atoms with Gasteiger partial charge in [-0.15, -0.1) is 0 Å². The average molecular weight is 1580 g/mol. The van der Waals surface area contributed by atoms with Crippen molar-refractivity contribution in [1.29, 1.82) is 0 Å². The monoisotopic (exact) mass is 1580 g/mol. The van der Waals surface area contributed by atoms with E-state index in [1.807, 2.05) is 0 Å². The van der Waals surface area contributed by atoms with Crippen LogP contribution in [-0.2, 0) is 65.4 Å². The molecule has 0 saturated carbocycles. The standard InChI is InChI=1S/C89H174O17P2/c1-9-82(8)68-60-52-44-36-30-23-19-15-11-13-17-21-25-33-39-47-56-64-72-89(94)106-85(76-100-87(92)70-62-54-48-40-43-51-59-67-81(6)7)78-104-108(97,98)102-74-83(90)73-101-107(95,96)103-77-84(75-99-86(91)69-61-53-45-37-31-27-26-29-35-42-50-58-66-80(4)5)105-88(93)71-63-55-46-38-32-24-20-16-12-10-14-18-22-28-34-41-49-57-65-79(2)3/h79-85,90H,9-78H2,1-8H3,(H,95,96)(H,97,98)/t82?,83?,84-,85-/m1/s1. The molecule has 6 atom stereocenters. The molecule has 0 aliphatic heterocycles. The fourth-order valence-electron chi connectivity index (χ4n) is 13.8. The summed E-state index contributed by atoms with van der Waals surface area (Å²) in [5.41, 5.74) is 0. The molecule has 3 N–H and O–H groups in total. The number of hydrogen-bond acceptors (Lipinski definition) is 15. The van der Waals surface area contributed by atoms with Gasteiger partial charge in [0.25, 0.3) is 0 Å². The first-order chi connectivity index (χ1) is 52.1. The molecule has 642 valence electrons. The van der Waals surface area contributed by atoms with Gasteiger partial charge >= 0.3 is 39.5 Å². The Labute approximate surface area is 664 Å². The summed E-state index contributed by atoms with van der Waals surface area (Å²) in [5.74, 6) is 1.07. The van der Waals surface area contributed by atoms with E-state index in [1.54, 1.807) is 0 Å². The van der Waals surface area contributed by atoms with Crippen LogP contribution in [-0.4, -0.2) is 96.7 Å². The second kappa shape index (κ2) is 77.6. The summed E-state index contributed by atoms with van der Waals surface area (Å²) >= 11 is 0. The summed E-state index contributed by atoms with van der Waals surface area (Å²) in [5, 5.41) is 10.7. The number of carbonyl (C=O) groups excluding carboxylic acids is 4. The van der Waals surface area contributed by atoms with E-state index in [9.17, 15) is 43.2 Å². The lowest BCUT2D eigenvalue weighted by Gasteiger charge is -2.21. The van der Waals surface area contributed by atoms with Gasteiger partial charge in [-0.1, -0.05) is 415 Å². The Bertz CT molecular complexity index is 2100. The van der Waals surface area contributed by atoms with Crippen molar-refractivity contribution in [2.75, 3.05) is 39.6 Å². The first-order valence-electron chi connectivity index (χ1n) is 45.7. The van der Waals surface area contributed by atoms with E-state index in [2.05, 4.69) is 55.4 Å². The van der Waals surface area contributed by atoms with Crippen LogP contribution in [0.3, 0.4) is 0 Å². The maximum atomic E-state index is 13.2. The number of rotatable bonds is 86. The number of aliphatic hydroxyl groups is 1. The van der Waals surface area contributed by atoms with Crippen LogP contribution in [0.1, 0.15) is 466 Å². The third kappa shape index (κ3) is 80.7. The molecule has 0 fully saturated rings. The van der Waals surface area contributed by atoms with E-state index in [0.717, 1.165) is 114 Å².